The Labute approximate surface area is 105 Å². The van der Waals surface area contributed by atoms with Gasteiger partial charge < -0.3 is 10.2 Å². The highest BCUT2D eigenvalue weighted by atomic mass is 16.2. The highest BCUT2D eigenvalue weighted by Crippen LogP contribution is 2.24. The van der Waals surface area contributed by atoms with Crippen molar-refractivity contribution in [1.29, 1.82) is 0 Å². The number of carbonyl (C=O) groups is 2. The smallest absolute Gasteiger partial charge is 0.329 e. The van der Waals surface area contributed by atoms with Crippen molar-refractivity contribution >= 4 is 23.3 Å². The molecule has 0 bridgehead atoms. The van der Waals surface area contributed by atoms with E-state index in [2.05, 4.69) is 10.2 Å². The van der Waals surface area contributed by atoms with Crippen LogP contribution in [0.4, 0.5) is 16.2 Å². The molecule has 5 nitrogen and oxygen atoms in total. The molecule has 0 spiro atoms. The lowest BCUT2D eigenvalue weighted by Gasteiger charge is -2.19. The van der Waals surface area contributed by atoms with Crippen LogP contribution in [0.2, 0.25) is 0 Å². The average Bonchev–Trinajstić information content (AvgIpc) is 3.01. The molecule has 1 N–H and O–H groups in total. The number of urea groups is 1. The van der Waals surface area contributed by atoms with Gasteiger partial charge in [0.15, 0.2) is 0 Å². The average molecular weight is 245 g/mol. The fourth-order valence-electron chi connectivity index (χ4n) is 2.47. The van der Waals surface area contributed by atoms with Crippen LogP contribution in [-0.4, -0.2) is 31.6 Å². The third kappa shape index (κ3) is 1.81. The largest absolute Gasteiger partial charge is 0.372 e. The van der Waals surface area contributed by atoms with Gasteiger partial charge in [-0.25, -0.2) is 9.69 Å². The zero-order valence-electron chi connectivity index (χ0n) is 10.1. The summed E-state index contributed by atoms with van der Waals surface area (Å²) in [4.78, 5) is 26.6. The van der Waals surface area contributed by atoms with E-state index >= 15 is 0 Å². The monoisotopic (exact) mass is 245 g/mol. The summed E-state index contributed by atoms with van der Waals surface area (Å²) >= 11 is 0. The number of hydrogen-bond acceptors (Lipinski definition) is 3. The first-order valence-electron chi connectivity index (χ1n) is 6.21. The fraction of sp³-hybridized carbons (Fsp3) is 0.385. The Bertz CT molecular complexity index is 462. The summed E-state index contributed by atoms with van der Waals surface area (Å²) in [5.74, 6) is -0.200. The van der Waals surface area contributed by atoms with E-state index < -0.39 is 0 Å². The maximum Gasteiger partial charge on any atom is 0.329 e. The van der Waals surface area contributed by atoms with E-state index in [1.807, 2.05) is 24.3 Å². The van der Waals surface area contributed by atoms with E-state index in [1.54, 1.807) is 0 Å². The Hall–Kier alpha value is -2.04. The molecule has 0 saturated carbocycles. The van der Waals surface area contributed by atoms with Crippen LogP contribution >= 0.6 is 0 Å². The van der Waals surface area contributed by atoms with Crippen LogP contribution in [0, 0.1) is 0 Å². The Balaban J connectivity index is 1.82. The van der Waals surface area contributed by atoms with Crippen LogP contribution in [0.15, 0.2) is 24.3 Å². The van der Waals surface area contributed by atoms with Gasteiger partial charge in [0.1, 0.15) is 0 Å². The first-order valence-corrected chi connectivity index (χ1v) is 6.21. The minimum Gasteiger partial charge on any atom is -0.372 e. The maximum atomic E-state index is 11.6. The number of amides is 3. The Kier molecular flexibility index (Phi) is 2.66. The topological polar surface area (TPSA) is 52.7 Å². The number of imide groups is 1. The quantitative estimate of drug-likeness (QED) is 0.800. The van der Waals surface area contributed by atoms with Crippen molar-refractivity contribution in [2.75, 3.05) is 29.4 Å². The lowest BCUT2D eigenvalue weighted by Crippen LogP contribution is -2.30. The Morgan fingerprint density at radius 3 is 2.11 bits per heavy atom. The minimum atomic E-state index is -0.339. The standard InChI is InChI=1S/C13H15N3O2/c17-12-9-14-13(18)16(12)11-5-3-10(4-6-11)15-7-1-2-8-15/h3-6H,1-2,7-9H2,(H,14,18). The van der Waals surface area contributed by atoms with Gasteiger partial charge in [0.05, 0.1) is 12.2 Å². The number of benzene rings is 1. The predicted molar refractivity (Wildman–Crippen MR) is 68.8 cm³/mol. The van der Waals surface area contributed by atoms with Gasteiger partial charge in [-0.3, -0.25) is 4.79 Å². The SMILES string of the molecule is O=C1CNC(=O)N1c1ccc(N2CCCC2)cc1. The first kappa shape index (κ1) is 11.1. The van der Waals surface area contributed by atoms with Crippen molar-refractivity contribution in [2.24, 2.45) is 0 Å². The molecule has 0 radical (unpaired) electrons. The second-order valence-corrected chi connectivity index (χ2v) is 4.60. The predicted octanol–water partition coefficient (Wildman–Crippen LogP) is 1.34. The van der Waals surface area contributed by atoms with Gasteiger partial charge >= 0.3 is 6.03 Å². The van der Waals surface area contributed by atoms with Crippen molar-refractivity contribution in [1.82, 2.24) is 5.32 Å². The summed E-state index contributed by atoms with van der Waals surface area (Å²) < 4.78 is 0. The molecule has 0 aliphatic carbocycles. The molecule has 5 heteroatoms. The highest BCUT2D eigenvalue weighted by Gasteiger charge is 2.29. The number of nitrogens with zero attached hydrogens (tertiary/aromatic N) is 2. The maximum absolute atomic E-state index is 11.6. The van der Waals surface area contributed by atoms with Crippen molar-refractivity contribution < 1.29 is 9.59 Å². The molecule has 3 rings (SSSR count). The van der Waals surface area contributed by atoms with Gasteiger partial charge in [0.25, 0.3) is 5.91 Å². The molecule has 1 aromatic carbocycles. The van der Waals surface area contributed by atoms with Gasteiger partial charge in [-0.05, 0) is 37.1 Å². The van der Waals surface area contributed by atoms with Gasteiger partial charge in [-0.15, -0.1) is 0 Å². The van der Waals surface area contributed by atoms with Crippen molar-refractivity contribution in [2.45, 2.75) is 12.8 Å². The summed E-state index contributed by atoms with van der Waals surface area (Å²) in [7, 11) is 0. The molecule has 2 saturated heterocycles. The molecule has 2 heterocycles. The van der Waals surface area contributed by atoms with Crippen LogP contribution in [0.1, 0.15) is 12.8 Å². The van der Waals surface area contributed by atoms with Crippen LogP contribution in [-0.2, 0) is 4.79 Å². The number of anilines is 2. The van der Waals surface area contributed by atoms with E-state index in [4.69, 9.17) is 0 Å². The lowest BCUT2D eigenvalue weighted by atomic mass is 10.2. The summed E-state index contributed by atoms with van der Waals surface area (Å²) in [6.07, 6.45) is 2.46. The van der Waals surface area contributed by atoms with Crippen molar-refractivity contribution in [3.63, 3.8) is 0 Å². The number of nitrogens with one attached hydrogen (secondary N) is 1. The van der Waals surface area contributed by atoms with E-state index in [1.165, 1.54) is 17.7 Å². The molecule has 0 unspecified atom stereocenters. The molecular weight excluding hydrogens is 230 g/mol. The fourth-order valence-corrected chi connectivity index (χ4v) is 2.47. The van der Waals surface area contributed by atoms with Crippen LogP contribution < -0.4 is 15.1 Å². The first-order chi connectivity index (χ1) is 8.75. The van der Waals surface area contributed by atoms with Gasteiger partial charge in [0, 0.05) is 18.8 Å². The van der Waals surface area contributed by atoms with Crippen molar-refractivity contribution in [3.05, 3.63) is 24.3 Å². The third-order valence-electron chi connectivity index (χ3n) is 3.42. The van der Waals surface area contributed by atoms with E-state index in [-0.39, 0.29) is 18.5 Å². The Morgan fingerprint density at radius 2 is 1.56 bits per heavy atom. The molecule has 0 atom stereocenters. The van der Waals surface area contributed by atoms with Gasteiger partial charge in [-0.2, -0.15) is 0 Å². The zero-order chi connectivity index (χ0) is 12.5. The summed E-state index contributed by atoms with van der Waals surface area (Å²) in [6.45, 7) is 2.26. The normalized spacial score (nSPS) is 19.6. The number of rotatable bonds is 2. The summed E-state index contributed by atoms with van der Waals surface area (Å²) in [5.41, 5.74) is 1.79. The number of hydrogen-bond donors (Lipinski definition) is 1. The van der Waals surface area contributed by atoms with E-state index in [0.29, 0.717) is 5.69 Å². The molecule has 0 aromatic heterocycles. The van der Waals surface area contributed by atoms with E-state index in [0.717, 1.165) is 18.8 Å². The van der Waals surface area contributed by atoms with Gasteiger partial charge in [-0.1, -0.05) is 0 Å². The number of carbonyl (C=O) groups excluding carboxylic acids is 2. The molecule has 1 aromatic rings. The molecule has 94 valence electrons. The molecule has 2 aliphatic rings. The van der Waals surface area contributed by atoms with Crippen LogP contribution in [0.25, 0.3) is 0 Å². The molecule has 2 aliphatic heterocycles. The molecule has 18 heavy (non-hydrogen) atoms. The summed E-state index contributed by atoms with van der Waals surface area (Å²) in [6, 6.07) is 7.26. The van der Waals surface area contributed by atoms with Gasteiger partial charge in [0.2, 0.25) is 0 Å². The van der Waals surface area contributed by atoms with Crippen LogP contribution in [0.3, 0.4) is 0 Å². The lowest BCUT2D eigenvalue weighted by molar-refractivity contribution is -0.115. The Morgan fingerprint density at radius 1 is 0.944 bits per heavy atom. The molecule has 3 amide bonds. The second-order valence-electron chi connectivity index (χ2n) is 4.60. The third-order valence-corrected chi connectivity index (χ3v) is 3.42. The second kappa shape index (κ2) is 4.33. The van der Waals surface area contributed by atoms with E-state index in [9.17, 15) is 9.59 Å². The van der Waals surface area contributed by atoms with Crippen molar-refractivity contribution in [3.8, 4) is 0 Å². The molecule has 2 fully saturated rings. The highest BCUT2D eigenvalue weighted by molar-refractivity contribution is 6.19. The summed E-state index contributed by atoms with van der Waals surface area (Å²) in [5, 5.41) is 2.51. The van der Waals surface area contributed by atoms with Crippen LogP contribution in [0.5, 0.6) is 0 Å². The minimum absolute atomic E-state index is 0.0900. The molecular formula is C13H15N3O2. The zero-order valence-corrected chi connectivity index (χ0v) is 10.1.